The highest BCUT2D eigenvalue weighted by molar-refractivity contribution is 8.13. The highest BCUT2D eigenvalue weighted by Crippen LogP contribution is 2.35. The van der Waals surface area contributed by atoms with Gasteiger partial charge in [-0.3, -0.25) is 0 Å². The minimum Gasteiger partial charge on any atom is -0.378 e. The number of rotatable bonds is 9. The SMILES string of the molecule is CC1CCC(C(C)C)C(OCCCCCCS(=O)(=O)Cl)C1. The van der Waals surface area contributed by atoms with E-state index in [1.165, 1.54) is 19.3 Å². The molecule has 0 N–H and O–H groups in total. The maximum absolute atomic E-state index is 10.8. The van der Waals surface area contributed by atoms with Crippen molar-refractivity contribution in [1.82, 2.24) is 0 Å². The average molecular weight is 339 g/mol. The molecule has 0 aromatic rings. The Hall–Kier alpha value is 0.200. The van der Waals surface area contributed by atoms with E-state index in [4.69, 9.17) is 15.4 Å². The molecule has 3 unspecified atom stereocenters. The summed E-state index contributed by atoms with van der Waals surface area (Å²) in [6, 6.07) is 0. The second-order valence-corrected chi connectivity index (χ2v) is 9.79. The molecule has 0 spiro atoms. The molecule has 0 saturated heterocycles. The van der Waals surface area contributed by atoms with E-state index in [2.05, 4.69) is 20.8 Å². The molecule has 1 saturated carbocycles. The second kappa shape index (κ2) is 9.36. The molecule has 21 heavy (non-hydrogen) atoms. The number of ether oxygens (including phenoxy) is 1. The van der Waals surface area contributed by atoms with E-state index >= 15 is 0 Å². The molecule has 0 aliphatic heterocycles. The highest BCUT2D eigenvalue weighted by Gasteiger charge is 2.31. The predicted molar refractivity (Wildman–Crippen MR) is 89.2 cm³/mol. The van der Waals surface area contributed by atoms with E-state index in [-0.39, 0.29) is 5.75 Å². The maximum Gasteiger partial charge on any atom is 0.232 e. The fraction of sp³-hybridized carbons (Fsp3) is 1.00. The Balaban J connectivity index is 2.15. The van der Waals surface area contributed by atoms with E-state index in [0.717, 1.165) is 31.8 Å². The van der Waals surface area contributed by atoms with Crippen molar-refractivity contribution in [2.24, 2.45) is 17.8 Å². The van der Waals surface area contributed by atoms with Gasteiger partial charge in [-0.15, -0.1) is 0 Å². The van der Waals surface area contributed by atoms with Crippen molar-refractivity contribution in [3.05, 3.63) is 0 Å². The summed E-state index contributed by atoms with van der Waals surface area (Å²) in [6.07, 6.45) is 7.81. The molecular formula is C16H31ClO3S. The quantitative estimate of drug-likeness (QED) is 0.456. The van der Waals surface area contributed by atoms with Crippen molar-refractivity contribution in [3.63, 3.8) is 0 Å². The van der Waals surface area contributed by atoms with Crippen LogP contribution in [-0.2, 0) is 13.8 Å². The van der Waals surface area contributed by atoms with Crippen molar-refractivity contribution < 1.29 is 13.2 Å². The summed E-state index contributed by atoms with van der Waals surface area (Å²) in [7, 11) is 1.87. The van der Waals surface area contributed by atoms with Crippen LogP contribution in [0.25, 0.3) is 0 Å². The third-order valence-electron chi connectivity index (χ3n) is 4.58. The molecule has 126 valence electrons. The summed E-state index contributed by atoms with van der Waals surface area (Å²) >= 11 is 0. The van der Waals surface area contributed by atoms with Crippen LogP contribution in [0.15, 0.2) is 0 Å². The van der Waals surface area contributed by atoms with Gasteiger partial charge in [-0.2, -0.15) is 0 Å². The molecule has 0 heterocycles. The second-order valence-electron chi connectivity index (χ2n) is 6.89. The lowest BCUT2D eigenvalue weighted by atomic mass is 9.75. The van der Waals surface area contributed by atoms with Gasteiger partial charge in [0.2, 0.25) is 9.05 Å². The molecule has 0 aromatic heterocycles. The maximum atomic E-state index is 10.8. The van der Waals surface area contributed by atoms with Gasteiger partial charge in [-0.05, 0) is 43.4 Å². The van der Waals surface area contributed by atoms with Crippen LogP contribution in [0.2, 0.25) is 0 Å². The summed E-state index contributed by atoms with van der Waals surface area (Å²) < 4.78 is 27.7. The van der Waals surface area contributed by atoms with E-state index in [1.807, 2.05) is 0 Å². The zero-order valence-corrected chi connectivity index (χ0v) is 15.3. The minimum absolute atomic E-state index is 0.0883. The lowest BCUT2D eigenvalue weighted by Gasteiger charge is -2.37. The van der Waals surface area contributed by atoms with Crippen molar-refractivity contribution in [2.45, 2.75) is 71.8 Å². The first-order valence-electron chi connectivity index (χ1n) is 8.33. The summed E-state index contributed by atoms with van der Waals surface area (Å²) in [4.78, 5) is 0. The molecule has 1 rings (SSSR count). The van der Waals surface area contributed by atoms with Crippen LogP contribution in [0.1, 0.15) is 65.7 Å². The topological polar surface area (TPSA) is 43.4 Å². The summed E-state index contributed by atoms with van der Waals surface area (Å²) in [6.45, 7) is 7.71. The van der Waals surface area contributed by atoms with Crippen molar-refractivity contribution in [1.29, 1.82) is 0 Å². The van der Waals surface area contributed by atoms with Crippen molar-refractivity contribution >= 4 is 19.7 Å². The molecule has 0 aromatic carbocycles. The highest BCUT2D eigenvalue weighted by atomic mass is 35.7. The fourth-order valence-corrected chi connectivity index (χ4v) is 4.15. The third kappa shape index (κ3) is 8.41. The Kier molecular flexibility index (Phi) is 8.58. The Morgan fingerprint density at radius 1 is 1.14 bits per heavy atom. The summed E-state index contributed by atoms with van der Waals surface area (Å²) in [5.41, 5.74) is 0. The van der Waals surface area contributed by atoms with Crippen molar-refractivity contribution in [3.8, 4) is 0 Å². The summed E-state index contributed by atoms with van der Waals surface area (Å²) in [5.74, 6) is 2.25. The molecule has 3 nitrogen and oxygen atoms in total. The largest absolute Gasteiger partial charge is 0.378 e. The molecule has 1 aliphatic carbocycles. The predicted octanol–water partition coefficient (Wildman–Crippen LogP) is 4.59. The number of halogens is 1. The molecule has 3 atom stereocenters. The first-order chi connectivity index (χ1) is 9.79. The Bertz CT molecular complexity index is 381. The van der Waals surface area contributed by atoms with Crippen LogP contribution in [0, 0.1) is 17.8 Å². The monoisotopic (exact) mass is 338 g/mol. The Labute approximate surface area is 135 Å². The van der Waals surface area contributed by atoms with E-state index in [0.29, 0.717) is 24.4 Å². The number of hydrogen-bond donors (Lipinski definition) is 0. The first kappa shape index (κ1) is 19.2. The molecule has 0 radical (unpaired) electrons. The lowest BCUT2D eigenvalue weighted by molar-refractivity contribution is -0.0394. The average Bonchev–Trinajstić information content (AvgIpc) is 2.36. The first-order valence-corrected chi connectivity index (χ1v) is 10.8. The van der Waals surface area contributed by atoms with Gasteiger partial charge in [0.25, 0.3) is 0 Å². The fourth-order valence-electron chi connectivity index (χ4n) is 3.27. The Morgan fingerprint density at radius 2 is 1.81 bits per heavy atom. The molecular weight excluding hydrogens is 308 g/mol. The van der Waals surface area contributed by atoms with E-state index in [1.54, 1.807) is 0 Å². The van der Waals surface area contributed by atoms with E-state index in [9.17, 15) is 8.42 Å². The lowest BCUT2D eigenvalue weighted by Crippen LogP contribution is -2.34. The zero-order chi connectivity index (χ0) is 15.9. The molecule has 5 heteroatoms. The van der Waals surface area contributed by atoms with Crippen LogP contribution in [0.5, 0.6) is 0 Å². The molecule has 1 fully saturated rings. The standard InChI is InChI=1S/C16H31ClO3S/c1-13(2)15-9-8-14(3)12-16(15)20-10-6-4-5-7-11-21(17,18)19/h13-16H,4-12H2,1-3H3. The van der Waals surface area contributed by atoms with Crippen LogP contribution in [-0.4, -0.2) is 26.9 Å². The molecule has 0 amide bonds. The number of unbranched alkanes of at least 4 members (excludes halogenated alkanes) is 3. The van der Waals surface area contributed by atoms with Gasteiger partial charge in [-0.1, -0.05) is 40.0 Å². The normalized spacial score (nSPS) is 27.2. The smallest absolute Gasteiger partial charge is 0.232 e. The van der Waals surface area contributed by atoms with Crippen LogP contribution >= 0.6 is 10.7 Å². The minimum atomic E-state index is -3.32. The van der Waals surface area contributed by atoms with Crippen molar-refractivity contribution in [2.75, 3.05) is 12.4 Å². The Morgan fingerprint density at radius 3 is 2.43 bits per heavy atom. The van der Waals surface area contributed by atoms with E-state index < -0.39 is 9.05 Å². The van der Waals surface area contributed by atoms with Gasteiger partial charge in [0, 0.05) is 17.3 Å². The third-order valence-corrected chi connectivity index (χ3v) is 5.81. The van der Waals surface area contributed by atoms with Gasteiger partial charge >= 0.3 is 0 Å². The summed E-state index contributed by atoms with van der Waals surface area (Å²) in [5, 5.41) is 0. The van der Waals surface area contributed by atoms with Crippen LogP contribution in [0.3, 0.4) is 0 Å². The van der Waals surface area contributed by atoms with Gasteiger partial charge in [0.15, 0.2) is 0 Å². The van der Waals surface area contributed by atoms with Gasteiger partial charge in [0.1, 0.15) is 0 Å². The van der Waals surface area contributed by atoms with Gasteiger partial charge in [-0.25, -0.2) is 8.42 Å². The molecule has 1 aliphatic rings. The zero-order valence-electron chi connectivity index (χ0n) is 13.7. The van der Waals surface area contributed by atoms with Gasteiger partial charge < -0.3 is 4.74 Å². The molecule has 0 bridgehead atoms. The van der Waals surface area contributed by atoms with Gasteiger partial charge in [0.05, 0.1) is 11.9 Å². The van der Waals surface area contributed by atoms with Crippen LogP contribution in [0.4, 0.5) is 0 Å². The van der Waals surface area contributed by atoms with Crippen LogP contribution < -0.4 is 0 Å². The number of hydrogen-bond acceptors (Lipinski definition) is 3.